The van der Waals surface area contributed by atoms with Gasteiger partial charge in [-0.2, -0.15) is 0 Å². The van der Waals surface area contributed by atoms with Gasteiger partial charge in [0.05, 0.1) is 25.5 Å². The number of fused-ring (bicyclic) bond motifs is 1. The first-order valence-electron chi connectivity index (χ1n) is 6.06. The summed E-state index contributed by atoms with van der Waals surface area (Å²) in [5.74, 6) is 1.70. The van der Waals surface area contributed by atoms with Crippen molar-refractivity contribution in [1.82, 2.24) is 5.32 Å². The Morgan fingerprint density at radius 2 is 1.78 bits per heavy atom. The molecule has 5 heteroatoms. The average Bonchev–Trinajstić information content (AvgIpc) is 3.21. The molecule has 1 fully saturated rings. The van der Waals surface area contributed by atoms with Gasteiger partial charge in [0.25, 0.3) is 5.91 Å². The summed E-state index contributed by atoms with van der Waals surface area (Å²) >= 11 is 0. The Morgan fingerprint density at radius 1 is 1.11 bits per heavy atom. The van der Waals surface area contributed by atoms with Gasteiger partial charge in [0.2, 0.25) is 0 Å². The Hall–Kier alpha value is -1.91. The van der Waals surface area contributed by atoms with Crippen LogP contribution >= 0.6 is 0 Å². The molecule has 0 bridgehead atoms. The minimum atomic E-state index is -0.0541. The predicted octanol–water partition coefficient (Wildman–Crippen LogP) is 1.60. The third kappa shape index (κ3) is 1.75. The second kappa shape index (κ2) is 4.08. The summed E-state index contributed by atoms with van der Waals surface area (Å²) < 4.78 is 10.5. The second-order valence-corrected chi connectivity index (χ2v) is 4.69. The fourth-order valence-corrected chi connectivity index (χ4v) is 2.27. The number of nitrogens with one attached hydrogen (secondary N) is 2. The molecule has 2 aliphatic rings. The molecule has 1 aromatic rings. The van der Waals surface area contributed by atoms with Gasteiger partial charge in [0.1, 0.15) is 6.17 Å². The highest BCUT2D eigenvalue weighted by Crippen LogP contribution is 2.39. The zero-order chi connectivity index (χ0) is 12.7. The van der Waals surface area contributed by atoms with Crippen LogP contribution in [0, 0.1) is 5.92 Å². The minimum absolute atomic E-state index is 0.0445. The van der Waals surface area contributed by atoms with Gasteiger partial charge >= 0.3 is 0 Å². The normalized spacial score (nSPS) is 21.7. The van der Waals surface area contributed by atoms with E-state index in [9.17, 15) is 4.79 Å². The fraction of sp³-hybridized carbons (Fsp3) is 0.462. The molecule has 1 aliphatic heterocycles. The molecule has 1 aliphatic carbocycles. The third-order valence-corrected chi connectivity index (χ3v) is 3.46. The molecule has 1 saturated carbocycles. The Labute approximate surface area is 105 Å². The number of ether oxygens (including phenoxy) is 2. The van der Waals surface area contributed by atoms with E-state index in [-0.39, 0.29) is 12.1 Å². The zero-order valence-electron chi connectivity index (χ0n) is 10.4. The van der Waals surface area contributed by atoms with Gasteiger partial charge in [0.15, 0.2) is 11.5 Å². The molecule has 1 aromatic carbocycles. The number of rotatable bonds is 3. The van der Waals surface area contributed by atoms with Gasteiger partial charge in [0, 0.05) is 6.07 Å². The number of benzene rings is 1. The smallest absolute Gasteiger partial charge is 0.255 e. The number of carbonyl (C=O) groups is 1. The predicted molar refractivity (Wildman–Crippen MR) is 67.1 cm³/mol. The molecule has 2 N–H and O–H groups in total. The zero-order valence-corrected chi connectivity index (χ0v) is 10.4. The van der Waals surface area contributed by atoms with Crippen LogP contribution in [0.15, 0.2) is 12.1 Å². The van der Waals surface area contributed by atoms with E-state index in [1.54, 1.807) is 20.3 Å². The maximum Gasteiger partial charge on any atom is 0.255 e. The molecule has 18 heavy (non-hydrogen) atoms. The summed E-state index contributed by atoms with van der Waals surface area (Å²) in [4.78, 5) is 12.0. The van der Waals surface area contributed by atoms with E-state index >= 15 is 0 Å². The van der Waals surface area contributed by atoms with Gasteiger partial charge in [-0.15, -0.1) is 0 Å². The Kier molecular flexibility index (Phi) is 2.54. The van der Waals surface area contributed by atoms with Crippen molar-refractivity contribution in [2.45, 2.75) is 19.0 Å². The molecule has 0 aromatic heterocycles. The molecule has 96 valence electrons. The third-order valence-electron chi connectivity index (χ3n) is 3.46. The van der Waals surface area contributed by atoms with Crippen molar-refractivity contribution in [3.63, 3.8) is 0 Å². The monoisotopic (exact) mass is 248 g/mol. The lowest BCUT2D eigenvalue weighted by atomic mass is 10.1. The molecule has 3 rings (SSSR count). The molecule has 5 nitrogen and oxygen atoms in total. The summed E-state index contributed by atoms with van der Waals surface area (Å²) in [6, 6.07) is 3.53. The van der Waals surface area contributed by atoms with Crippen LogP contribution in [0.2, 0.25) is 0 Å². The standard InChI is InChI=1S/C13H16N2O3/c1-17-10-5-8-9(6-11(10)18-2)14-12(7-3-4-7)15-13(8)16/h5-7,12,14H,3-4H2,1-2H3,(H,15,16)/t12-/m0/s1. The number of carbonyl (C=O) groups excluding carboxylic acids is 1. The number of hydrogen-bond donors (Lipinski definition) is 2. The van der Waals surface area contributed by atoms with Crippen molar-refractivity contribution in [2.24, 2.45) is 5.92 Å². The average molecular weight is 248 g/mol. The summed E-state index contributed by atoms with van der Waals surface area (Å²) in [5.41, 5.74) is 1.41. The van der Waals surface area contributed by atoms with Gasteiger partial charge < -0.3 is 20.1 Å². The lowest BCUT2D eigenvalue weighted by molar-refractivity contribution is 0.0931. The summed E-state index contributed by atoms with van der Waals surface area (Å²) in [6.07, 6.45) is 2.38. The van der Waals surface area contributed by atoms with Crippen LogP contribution in [0.3, 0.4) is 0 Å². The van der Waals surface area contributed by atoms with Crippen molar-refractivity contribution >= 4 is 11.6 Å². The summed E-state index contributed by atoms with van der Waals surface area (Å²) in [7, 11) is 3.15. The molecule has 0 saturated heterocycles. The lowest BCUT2D eigenvalue weighted by Gasteiger charge is -2.28. The van der Waals surface area contributed by atoms with Crippen LogP contribution in [0.1, 0.15) is 23.2 Å². The molecule has 1 atom stereocenters. The van der Waals surface area contributed by atoms with E-state index in [1.807, 2.05) is 6.07 Å². The molecule has 1 amide bonds. The quantitative estimate of drug-likeness (QED) is 0.853. The van der Waals surface area contributed by atoms with Gasteiger partial charge in [-0.1, -0.05) is 0 Å². The summed E-state index contributed by atoms with van der Waals surface area (Å²) in [5, 5.41) is 6.32. The van der Waals surface area contributed by atoms with Crippen LogP contribution in [0.25, 0.3) is 0 Å². The Bertz CT molecular complexity index is 497. The van der Waals surface area contributed by atoms with Crippen LogP contribution < -0.4 is 20.1 Å². The Balaban J connectivity index is 1.99. The van der Waals surface area contributed by atoms with E-state index in [0.717, 1.165) is 5.69 Å². The first-order valence-corrected chi connectivity index (χ1v) is 6.06. The number of anilines is 1. The van der Waals surface area contributed by atoms with Gasteiger partial charge in [-0.25, -0.2) is 0 Å². The van der Waals surface area contributed by atoms with Crippen molar-refractivity contribution in [3.8, 4) is 11.5 Å². The minimum Gasteiger partial charge on any atom is -0.493 e. The van der Waals surface area contributed by atoms with E-state index in [4.69, 9.17) is 9.47 Å². The molecule has 0 unspecified atom stereocenters. The van der Waals surface area contributed by atoms with Gasteiger partial charge in [-0.05, 0) is 24.8 Å². The van der Waals surface area contributed by atoms with Crippen molar-refractivity contribution in [3.05, 3.63) is 17.7 Å². The van der Waals surface area contributed by atoms with Crippen LogP contribution in [-0.2, 0) is 0 Å². The molecular formula is C13H16N2O3. The maximum atomic E-state index is 12.0. The first kappa shape index (κ1) is 11.2. The van der Waals surface area contributed by atoms with Crippen molar-refractivity contribution in [2.75, 3.05) is 19.5 Å². The summed E-state index contributed by atoms with van der Waals surface area (Å²) in [6.45, 7) is 0. The highest BCUT2D eigenvalue weighted by atomic mass is 16.5. The number of amides is 1. The lowest BCUT2D eigenvalue weighted by Crippen LogP contribution is -2.46. The fourth-order valence-electron chi connectivity index (χ4n) is 2.27. The highest BCUT2D eigenvalue weighted by Gasteiger charge is 2.36. The molecule has 1 heterocycles. The van der Waals surface area contributed by atoms with Crippen LogP contribution in [0.4, 0.5) is 5.69 Å². The Morgan fingerprint density at radius 3 is 2.39 bits per heavy atom. The van der Waals surface area contributed by atoms with E-state index < -0.39 is 0 Å². The molecule has 0 radical (unpaired) electrons. The maximum absolute atomic E-state index is 12.0. The van der Waals surface area contributed by atoms with Crippen LogP contribution in [0.5, 0.6) is 11.5 Å². The van der Waals surface area contributed by atoms with Crippen molar-refractivity contribution in [1.29, 1.82) is 0 Å². The van der Waals surface area contributed by atoms with E-state index in [2.05, 4.69) is 10.6 Å². The van der Waals surface area contributed by atoms with E-state index in [1.165, 1.54) is 12.8 Å². The topological polar surface area (TPSA) is 59.6 Å². The second-order valence-electron chi connectivity index (χ2n) is 4.69. The number of hydrogen-bond acceptors (Lipinski definition) is 4. The van der Waals surface area contributed by atoms with Gasteiger partial charge in [-0.3, -0.25) is 4.79 Å². The largest absolute Gasteiger partial charge is 0.493 e. The number of methoxy groups -OCH3 is 2. The SMILES string of the molecule is COc1cc2c(cc1OC)C(=O)N[C@@H](C1CC1)N2. The van der Waals surface area contributed by atoms with Crippen LogP contribution in [-0.4, -0.2) is 26.3 Å². The highest BCUT2D eigenvalue weighted by molar-refractivity contribution is 6.02. The van der Waals surface area contributed by atoms with E-state index in [0.29, 0.717) is 23.0 Å². The molecular weight excluding hydrogens is 232 g/mol. The van der Waals surface area contributed by atoms with Crippen molar-refractivity contribution < 1.29 is 14.3 Å². The first-order chi connectivity index (χ1) is 8.72. The molecule has 0 spiro atoms.